The van der Waals surface area contributed by atoms with E-state index in [1.54, 1.807) is 0 Å². The van der Waals surface area contributed by atoms with E-state index in [-0.39, 0.29) is 0 Å². The molecule has 1 heteroatoms. The van der Waals surface area contributed by atoms with Gasteiger partial charge in [0.2, 0.25) is 0 Å². The molecule has 1 fully saturated rings. The second kappa shape index (κ2) is 6.64. The Bertz CT molecular complexity index is 176. The Morgan fingerprint density at radius 1 is 1.19 bits per heavy atom. The summed E-state index contributed by atoms with van der Waals surface area (Å²) >= 11 is 0. The van der Waals surface area contributed by atoms with Gasteiger partial charge in [0.15, 0.2) is 0 Å². The third-order valence-corrected chi connectivity index (χ3v) is 4.44. The van der Waals surface area contributed by atoms with E-state index in [0.29, 0.717) is 5.41 Å². The summed E-state index contributed by atoms with van der Waals surface area (Å²) in [6.45, 7) is 7.14. The molecule has 0 heterocycles. The third-order valence-electron chi connectivity index (χ3n) is 4.44. The van der Waals surface area contributed by atoms with Gasteiger partial charge in [-0.25, -0.2) is 0 Å². The lowest BCUT2D eigenvalue weighted by Gasteiger charge is -2.38. The van der Waals surface area contributed by atoms with Crippen molar-refractivity contribution in [2.45, 2.75) is 78.2 Å². The normalized spacial score (nSPS) is 23.2. The van der Waals surface area contributed by atoms with E-state index in [1.807, 2.05) is 0 Å². The molecule has 0 amide bonds. The van der Waals surface area contributed by atoms with Gasteiger partial charge < -0.3 is 5.32 Å². The lowest BCUT2D eigenvalue weighted by molar-refractivity contribution is 0.159. The minimum absolute atomic E-state index is 0.609. The third kappa shape index (κ3) is 4.45. The highest BCUT2D eigenvalue weighted by molar-refractivity contribution is 4.84. The van der Waals surface area contributed by atoms with Gasteiger partial charge in [0, 0.05) is 6.04 Å². The number of unbranched alkanes of at least 4 members (excludes halogenated alkanes) is 2. The molecule has 1 nitrogen and oxygen atoms in total. The molecule has 0 radical (unpaired) electrons. The predicted octanol–water partition coefficient (Wildman–Crippen LogP) is 4.37. The maximum Gasteiger partial charge on any atom is 0.00923 e. The van der Waals surface area contributed by atoms with Crippen LogP contribution in [0.3, 0.4) is 0 Å². The van der Waals surface area contributed by atoms with Crippen LogP contribution < -0.4 is 5.32 Å². The van der Waals surface area contributed by atoms with Gasteiger partial charge in [-0.05, 0) is 50.5 Å². The Labute approximate surface area is 102 Å². The Hall–Kier alpha value is -0.0400. The van der Waals surface area contributed by atoms with Crippen LogP contribution in [-0.4, -0.2) is 13.1 Å². The van der Waals surface area contributed by atoms with Crippen molar-refractivity contribution >= 4 is 0 Å². The monoisotopic (exact) mass is 225 g/mol. The van der Waals surface area contributed by atoms with Crippen LogP contribution in [0.4, 0.5) is 0 Å². The number of nitrogens with one attached hydrogen (secondary N) is 1. The molecule has 1 N–H and O–H groups in total. The van der Waals surface area contributed by atoms with E-state index in [1.165, 1.54) is 51.4 Å². The van der Waals surface area contributed by atoms with Crippen LogP contribution in [-0.2, 0) is 0 Å². The highest BCUT2D eigenvalue weighted by atomic mass is 14.9. The molecule has 1 aliphatic rings. The molecule has 1 rings (SSSR count). The van der Waals surface area contributed by atoms with E-state index in [4.69, 9.17) is 0 Å². The van der Waals surface area contributed by atoms with Crippen molar-refractivity contribution in [3.05, 3.63) is 0 Å². The van der Waals surface area contributed by atoms with Crippen molar-refractivity contribution in [3.8, 4) is 0 Å². The number of rotatable bonds is 6. The molecule has 0 aromatic rings. The van der Waals surface area contributed by atoms with Gasteiger partial charge in [-0.3, -0.25) is 0 Å². The van der Waals surface area contributed by atoms with E-state index in [0.717, 1.165) is 12.0 Å². The fourth-order valence-electron chi connectivity index (χ4n) is 3.05. The van der Waals surface area contributed by atoms with Crippen LogP contribution in [0.1, 0.15) is 72.1 Å². The summed E-state index contributed by atoms with van der Waals surface area (Å²) in [5.74, 6) is 0.940. The molecule has 1 saturated carbocycles. The Morgan fingerprint density at radius 3 is 2.31 bits per heavy atom. The molecule has 0 aliphatic heterocycles. The second-order valence-corrected chi connectivity index (χ2v) is 6.39. The van der Waals surface area contributed by atoms with Gasteiger partial charge in [0.25, 0.3) is 0 Å². The molecule has 0 bridgehead atoms. The molecule has 16 heavy (non-hydrogen) atoms. The number of hydrogen-bond donors (Lipinski definition) is 1. The van der Waals surface area contributed by atoms with Gasteiger partial charge in [-0.2, -0.15) is 0 Å². The average Bonchev–Trinajstić information content (AvgIpc) is 2.25. The van der Waals surface area contributed by atoms with E-state index < -0.39 is 0 Å². The first-order valence-electron chi connectivity index (χ1n) is 7.26. The van der Waals surface area contributed by atoms with Crippen LogP contribution in [0.15, 0.2) is 0 Å². The molecule has 0 aromatic carbocycles. The molecule has 0 spiro atoms. The van der Waals surface area contributed by atoms with E-state index >= 15 is 0 Å². The first-order valence-corrected chi connectivity index (χ1v) is 7.26. The van der Waals surface area contributed by atoms with Gasteiger partial charge >= 0.3 is 0 Å². The molecule has 0 aromatic heterocycles. The standard InChI is InChI=1S/C15H31N/c1-5-6-7-8-14(16-4)13-9-11-15(2,3)12-10-13/h13-14,16H,5-12H2,1-4H3. The fraction of sp³-hybridized carbons (Fsp3) is 1.00. The fourth-order valence-corrected chi connectivity index (χ4v) is 3.05. The first kappa shape index (κ1) is 14.0. The average molecular weight is 225 g/mol. The highest BCUT2D eigenvalue weighted by Gasteiger charge is 2.30. The van der Waals surface area contributed by atoms with Crippen molar-refractivity contribution in [1.29, 1.82) is 0 Å². The van der Waals surface area contributed by atoms with Crippen LogP contribution in [0.25, 0.3) is 0 Å². The van der Waals surface area contributed by atoms with Crippen molar-refractivity contribution in [1.82, 2.24) is 5.32 Å². The van der Waals surface area contributed by atoms with Crippen LogP contribution in [0.5, 0.6) is 0 Å². The SMILES string of the molecule is CCCCCC(NC)C1CCC(C)(C)CC1. The van der Waals surface area contributed by atoms with Crippen LogP contribution >= 0.6 is 0 Å². The topological polar surface area (TPSA) is 12.0 Å². The van der Waals surface area contributed by atoms with Crippen molar-refractivity contribution in [2.24, 2.45) is 11.3 Å². The quantitative estimate of drug-likeness (QED) is 0.662. The zero-order valence-electron chi connectivity index (χ0n) is 11.8. The second-order valence-electron chi connectivity index (χ2n) is 6.39. The van der Waals surface area contributed by atoms with Gasteiger partial charge in [0.05, 0.1) is 0 Å². The minimum atomic E-state index is 0.609. The zero-order chi connectivity index (χ0) is 12.0. The van der Waals surface area contributed by atoms with E-state index in [2.05, 4.69) is 33.1 Å². The summed E-state index contributed by atoms with van der Waals surface area (Å²) in [7, 11) is 2.15. The highest BCUT2D eigenvalue weighted by Crippen LogP contribution is 2.39. The largest absolute Gasteiger partial charge is 0.317 e. The zero-order valence-corrected chi connectivity index (χ0v) is 11.8. The van der Waals surface area contributed by atoms with Crippen molar-refractivity contribution in [3.63, 3.8) is 0 Å². The first-order chi connectivity index (χ1) is 7.59. The Balaban J connectivity index is 2.31. The summed E-state index contributed by atoms with van der Waals surface area (Å²) in [4.78, 5) is 0. The minimum Gasteiger partial charge on any atom is -0.317 e. The smallest absolute Gasteiger partial charge is 0.00923 e. The molecular formula is C15H31N. The molecule has 0 saturated heterocycles. The lowest BCUT2D eigenvalue weighted by Crippen LogP contribution is -2.37. The summed E-state index contributed by atoms with van der Waals surface area (Å²) in [5, 5.41) is 3.56. The van der Waals surface area contributed by atoms with Gasteiger partial charge in [-0.15, -0.1) is 0 Å². The summed E-state index contributed by atoms with van der Waals surface area (Å²) in [6.07, 6.45) is 11.2. The van der Waals surface area contributed by atoms with Crippen LogP contribution in [0.2, 0.25) is 0 Å². The van der Waals surface area contributed by atoms with Crippen molar-refractivity contribution < 1.29 is 0 Å². The summed E-state index contributed by atoms with van der Waals surface area (Å²) in [6, 6.07) is 0.780. The molecule has 96 valence electrons. The predicted molar refractivity (Wildman–Crippen MR) is 72.7 cm³/mol. The molecular weight excluding hydrogens is 194 g/mol. The number of hydrogen-bond acceptors (Lipinski definition) is 1. The van der Waals surface area contributed by atoms with Crippen LogP contribution in [0, 0.1) is 11.3 Å². The summed E-state index contributed by atoms with van der Waals surface area (Å²) < 4.78 is 0. The maximum atomic E-state index is 3.56. The maximum absolute atomic E-state index is 3.56. The van der Waals surface area contributed by atoms with E-state index in [9.17, 15) is 0 Å². The Morgan fingerprint density at radius 2 is 1.81 bits per heavy atom. The molecule has 1 unspecified atom stereocenters. The molecule has 1 aliphatic carbocycles. The van der Waals surface area contributed by atoms with Gasteiger partial charge in [0.1, 0.15) is 0 Å². The van der Waals surface area contributed by atoms with Crippen molar-refractivity contribution in [2.75, 3.05) is 7.05 Å². The Kier molecular flexibility index (Phi) is 5.82. The van der Waals surface area contributed by atoms with Gasteiger partial charge in [-0.1, -0.05) is 40.0 Å². The molecule has 1 atom stereocenters. The summed E-state index contributed by atoms with van der Waals surface area (Å²) in [5.41, 5.74) is 0.609. The lowest BCUT2D eigenvalue weighted by atomic mass is 9.70.